The number of nitrogens with one attached hydrogen (secondary N) is 1. The highest BCUT2D eigenvalue weighted by atomic mass is 16.1. The van der Waals surface area contributed by atoms with Crippen molar-refractivity contribution in [2.24, 2.45) is 0 Å². The number of benzene rings is 1. The summed E-state index contributed by atoms with van der Waals surface area (Å²) in [5, 5.41) is 10.4. The van der Waals surface area contributed by atoms with Gasteiger partial charge in [-0.1, -0.05) is 6.07 Å². The van der Waals surface area contributed by atoms with Crippen LogP contribution < -0.4 is 5.32 Å². The molecule has 2 heterocycles. The van der Waals surface area contributed by atoms with Gasteiger partial charge in [0, 0.05) is 23.6 Å². The Morgan fingerprint density at radius 3 is 2.55 bits per heavy atom. The zero-order valence-corrected chi connectivity index (χ0v) is 10.5. The van der Waals surface area contributed by atoms with Crippen molar-refractivity contribution < 1.29 is 4.79 Å². The predicted molar refractivity (Wildman–Crippen MR) is 73.5 cm³/mol. The summed E-state index contributed by atoms with van der Waals surface area (Å²) in [7, 11) is 0. The van der Waals surface area contributed by atoms with E-state index in [4.69, 9.17) is 0 Å². The molecule has 0 radical (unpaired) electrons. The Bertz CT molecular complexity index is 709. The van der Waals surface area contributed by atoms with Crippen molar-refractivity contribution in [3.63, 3.8) is 0 Å². The molecule has 6 heteroatoms. The van der Waals surface area contributed by atoms with Crippen molar-refractivity contribution in [2.75, 3.05) is 5.32 Å². The van der Waals surface area contributed by atoms with Gasteiger partial charge in [0.1, 0.15) is 12.7 Å². The maximum absolute atomic E-state index is 12.0. The van der Waals surface area contributed by atoms with Crippen LogP contribution in [0.1, 0.15) is 10.4 Å². The van der Waals surface area contributed by atoms with Crippen LogP contribution in [0.25, 0.3) is 5.69 Å². The fraction of sp³-hybridized carbons (Fsp3) is 0. The van der Waals surface area contributed by atoms with E-state index in [-0.39, 0.29) is 5.91 Å². The first-order valence-corrected chi connectivity index (χ1v) is 5.99. The molecular weight excluding hydrogens is 254 g/mol. The molecule has 0 bridgehead atoms. The highest BCUT2D eigenvalue weighted by Gasteiger charge is 2.06. The second-order valence-electron chi connectivity index (χ2n) is 4.11. The van der Waals surface area contributed by atoms with Crippen LogP contribution in [0.15, 0.2) is 61.4 Å². The van der Waals surface area contributed by atoms with Crippen LogP contribution in [0, 0.1) is 0 Å². The molecule has 0 unspecified atom stereocenters. The Balaban J connectivity index is 1.82. The summed E-state index contributed by atoms with van der Waals surface area (Å²) in [6.07, 6.45) is 6.37. The van der Waals surface area contributed by atoms with Crippen LogP contribution in [0.2, 0.25) is 0 Å². The standard InChI is InChI=1S/C14H11N5O/c20-14(11-4-6-15-7-5-11)18-12-2-1-3-13(8-12)19-9-16-17-10-19/h1-10H,(H,18,20). The number of carbonyl (C=O) groups excluding carboxylic acids is 1. The van der Waals surface area contributed by atoms with Gasteiger partial charge in [0.2, 0.25) is 0 Å². The van der Waals surface area contributed by atoms with Gasteiger partial charge in [0.05, 0.1) is 5.69 Å². The van der Waals surface area contributed by atoms with E-state index < -0.39 is 0 Å². The highest BCUT2D eigenvalue weighted by Crippen LogP contribution is 2.15. The lowest BCUT2D eigenvalue weighted by molar-refractivity contribution is 0.102. The molecule has 6 nitrogen and oxygen atoms in total. The average Bonchev–Trinajstić information content (AvgIpc) is 3.03. The summed E-state index contributed by atoms with van der Waals surface area (Å²) in [6.45, 7) is 0. The summed E-state index contributed by atoms with van der Waals surface area (Å²) >= 11 is 0. The third-order valence-corrected chi connectivity index (χ3v) is 2.76. The minimum Gasteiger partial charge on any atom is -0.322 e. The number of pyridine rings is 1. The van der Waals surface area contributed by atoms with Gasteiger partial charge >= 0.3 is 0 Å². The summed E-state index contributed by atoms with van der Waals surface area (Å²) in [6, 6.07) is 10.8. The Morgan fingerprint density at radius 2 is 1.80 bits per heavy atom. The van der Waals surface area contributed by atoms with Gasteiger partial charge in [-0.3, -0.25) is 14.3 Å². The first-order chi connectivity index (χ1) is 9.83. The largest absolute Gasteiger partial charge is 0.322 e. The van der Waals surface area contributed by atoms with E-state index in [0.717, 1.165) is 5.69 Å². The van der Waals surface area contributed by atoms with Crippen LogP contribution in [-0.4, -0.2) is 25.7 Å². The van der Waals surface area contributed by atoms with Gasteiger partial charge in [-0.05, 0) is 30.3 Å². The molecule has 0 saturated heterocycles. The summed E-state index contributed by atoms with van der Waals surface area (Å²) in [5.41, 5.74) is 2.15. The van der Waals surface area contributed by atoms with Crippen molar-refractivity contribution in [1.29, 1.82) is 0 Å². The maximum Gasteiger partial charge on any atom is 0.255 e. The van der Waals surface area contributed by atoms with E-state index >= 15 is 0 Å². The first kappa shape index (κ1) is 12.0. The predicted octanol–water partition coefficient (Wildman–Crippen LogP) is 1.91. The van der Waals surface area contributed by atoms with Crippen LogP contribution in [0.5, 0.6) is 0 Å². The molecule has 0 saturated carbocycles. The molecule has 0 aliphatic heterocycles. The lowest BCUT2D eigenvalue weighted by atomic mass is 10.2. The lowest BCUT2D eigenvalue weighted by Crippen LogP contribution is -2.11. The van der Waals surface area contributed by atoms with Crippen LogP contribution >= 0.6 is 0 Å². The van der Waals surface area contributed by atoms with Crippen LogP contribution in [0.4, 0.5) is 5.69 Å². The third kappa shape index (κ3) is 2.54. The van der Waals surface area contributed by atoms with Gasteiger partial charge in [-0.2, -0.15) is 0 Å². The molecule has 1 amide bonds. The monoisotopic (exact) mass is 265 g/mol. The third-order valence-electron chi connectivity index (χ3n) is 2.76. The topological polar surface area (TPSA) is 72.7 Å². The number of hydrogen-bond donors (Lipinski definition) is 1. The first-order valence-electron chi connectivity index (χ1n) is 5.99. The quantitative estimate of drug-likeness (QED) is 0.785. The van der Waals surface area contributed by atoms with Crippen LogP contribution in [-0.2, 0) is 0 Å². The molecule has 98 valence electrons. The summed E-state index contributed by atoms with van der Waals surface area (Å²) < 4.78 is 1.77. The van der Waals surface area contributed by atoms with E-state index in [1.807, 2.05) is 24.3 Å². The molecule has 0 aliphatic rings. The molecule has 0 fully saturated rings. The zero-order chi connectivity index (χ0) is 13.8. The van der Waals surface area contributed by atoms with E-state index in [2.05, 4.69) is 20.5 Å². The Morgan fingerprint density at radius 1 is 1.05 bits per heavy atom. The molecule has 3 aromatic rings. The van der Waals surface area contributed by atoms with Gasteiger partial charge in [0.25, 0.3) is 5.91 Å². The number of anilines is 1. The smallest absolute Gasteiger partial charge is 0.255 e. The normalized spacial score (nSPS) is 10.2. The summed E-state index contributed by atoms with van der Waals surface area (Å²) in [5.74, 6) is -0.173. The molecule has 20 heavy (non-hydrogen) atoms. The molecule has 1 N–H and O–H groups in total. The van der Waals surface area contributed by atoms with E-state index in [1.54, 1.807) is 41.7 Å². The van der Waals surface area contributed by atoms with Gasteiger partial charge < -0.3 is 5.32 Å². The SMILES string of the molecule is O=C(Nc1cccc(-n2cnnc2)c1)c1ccncc1. The number of aromatic nitrogens is 4. The fourth-order valence-corrected chi connectivity index (χ4v) is 1.78. The molecule has 2 aromatic heterocycles. The molecule has 0 atom stereocenters. The van der Waals surface area contributed by atoms with E-state index in [1.165, 1.54) is 0 Å². The number of carbonyl (C=O) groups is 1. The number of nitrogens with zero attached hydrogens (tertiary/aromatic N) is 4. The Labute approximate surface area is 115 Å². The van der Waals surface area contributed by atoms with Crippen molar-refractivity contribution in [2.45, 2.75) is 0 Å². The molecule has 0 spiro atoms. The van der Waals surface area contributed by atoms with Gasteiger partial charge in [-0.25, -0.2) is 0 Å². The Hall–Kier alpha value is -3.02. The number of rotatable bonds is 3. The van der Waals surface area contributed by atoms with Gasteiger partial charge in [-0.15, -0.1) is 10.2 Å². The molecule has 1 aromatic carbocycles. The lowest BCUT2D eigenvalue weighted by Gasteiger charge is -2.07. The number of amides is 1. The summed E-state index contributed by atoms with van der Waals surface area (Å²) in [4.78, 5) is 15.9. The minimum absolute atomic E-state index is 0.173. The zero-order valence-electron chi connectivity index (χ0n) is 10.5. The Kier molecular flexibility index (Phi) is 3.20. The van der Waals surface area contributed by atoms with E-state index in [9.17, 15) is 4.79 Å². The van der Waals surface area contributed by atoms with Crippen molar-refractivity contribution in [3.8, 4) is 5.69 Å². The molecule has 3 rings (SSSR count). The molecule has 0 aliphatic carbocycles. The van der Waals surface area contributed by atoms with Crippen molar-refractivity contribution in [3.05, 3.63) is 67.0 Å². The second kappa shape index (κ2) is 5.31. The van der Waals surface area contributed by atoms with Crippen molar-refractivity contribution >= 4 is 11.6 Å². The van der Waals surface area contributed by atoms with Crippen LogP contribution in [0.3, 0.4) is 0 Å². The highest BCUT2D eigenvalue weighted by molar-refractivity contribution is 6.04. The average molecular weight is 265 g/mol. The van der Waals surface area contributed by atoms with Gasteiger partial charge in [0.15, 0.2) is 0 Å². The molecular formula is C14H11N5O. The second-order valence-corrected chi connectivity index (χ2v) is 4.11. The fourth-order valence-electron chi connectivity index (χ4n) is 1.78. The minimum atomic E-state index is -0.173. The van der Waals surface area contributed by atoms with Crippen molar-refractivity contribution in [1.82, 2.24) is 19.7 Å². The maximum atomic E-state index is 12.0. The van der Waals surface area contributed by atoms with E-state index in [0.29, 0.717) is 11.3 Å². The number of hydrogen-bond acceptors (Lipinski definition) is 4.